The normalized spacial score (nSPS) is 13.8. The largest absolute Gasteiger partial charge is 0.379 e. The van der Waals surface area contributed by atoms with E-state index in [0.29, 0.717) is 0 Å². The average molecular weight is 213 g/mol. The SMILES string of the molecule is Cc1cc2c([nH]1)N(C)c1ccccc1NC2. The molecule has 82 valence electrons. The molecule has 2 heterocycles. The number of aromatic nitrogens is 1. The van der Waals surface area contributed by atoms with Crippen LogP contribution in [0.2, 0.25) is 0 Å². The highest BCUT2D eigenvalue weighted by molar-refractivity contribution is 5.78. The van der Waals surface area contributed by atoms with Crippen molar-refractivity contribution in [3.8, 4) is 0 Å². The first-order valence-corrected chi connectivity index (χ1v) is 5.51. The molecule has 2 N–H and O–H groups in total. The Hall–Kier alpha value is -1.90. The lowest BCUT2D eigenvalue weighted by Crippen LogP contribution is -2.10. The molecule has 3 nitrogen and oxygen atoms in total. The van der Waals surface area contributed by atoms with Gasteiger partial charge in [-0.1, -0.05) is 12.1 Å². The van der Waals surface area contributed by atoms with Gasteiger partial charge in [0.2, 0.25) is 0 Å². The zero-order valence-electron chi connectivity index (χ0n) is 9.54. The molecular formula is C13H15N3. The van der Waals surface area contributed by atoms with E-state index >= 15 is 0 Å². The topological polar surface area (TPSA) is 31.1 Å². The van der Waals surface area contributed by atoms with Gasteiger partial charge in [0.1, 0.15) is 5.82 Å². The number of benzene rings is 1. The summed E-state index contributed by atoms with van der Waals surface area (Å²) in [6.07, 6.45) is 0. The number of nitrogens with zero attached hydrogens (tertiary/aromatic N) is 1. The summed E-state index contributed by atoms with van der Waals surface area (Å²) < 4.78 is 0. The van der Waals surface area contributed by atoms with Crippen LogP contribution in [0, 0.1) is 6.92 Å². The van der Waals surface area contributed by atoms with Crippen LogP contribution in [0.4, 0.5) is 17.2 Å². The van der Waals surface area contributed by atoms with Gasteiger partial charge in [-0.3, -0.25) is 0 Å². The van der Waals surface area contributed by atoms with Gasteiger partial charge in [0.25, 0.3) is 0 Å². The highest BCUT2D eigenvalue weighted by Gasteiger charge is 2.18. The molecule has 1 aliphatic rings. The number of aryl methyl sites for hydroxylation is 1. The Bertz CT molecular complexity index is 528. The van der Waals surface area contributed by atoms with Crippen molar-refractivity contribution >= 4 is 17.2 Å². The fourth-order valence-electron chi connectivity index (χ4n) is 2.29. The number of anilines is 3. The van der Waals surface area contributed by atoms with Crippen LogP contribution in [0.15, 0.2) is 30.3 Å². The molecule has 0 saturated carbocycles. The number of H-pyrrole nitrogens is 1. The molecule has 2 aromatic rings. The molecular weight excluding hydrogens is 198 g/mol. The van der Waals surface area contributed by atoms with E-state index in [9.17, 15) is 0 Å². The maximum absolute atomic E-state index is 3.46. The van der Waals surface area contributed by atoms with Crippen LogP contribution >= 0.6 is 0 Å². The Morgan fingerprint density at radius 2 is 2.06 bits per heavy atom. The van der Waals surface area contributed by atoms with Crippen molar-refractivity contribution < 1.29 is 0 Å². The van der Waals surface area contributed by atoms with E-state index in [2.05, 4.69) is 59.5 Å². The number of nitrogens with one attached hydrogen (secondary N) is 2. The van der Waals surface area contributed by atoms with Gasteiger partial charge < -0.3 is 15.2 Å². The van der Waals surface area contributed by atoms with E-state index in [4.69, 9.17) is 0 Å². The van der Waals surface area contributed by atoms with Gasteiger partial charge in [0.05, 0.1) is 11.4 Å². The van der Waals surface area contributed by atoms with Gasteiger partial charge in [-0.25, -0.2) is 0 Å². The Morgan fingerprint density at radius 3 is 2.94 bits per heavy atom. The van der Waals surface area contributed by atoms with Gasteiger partial charge in [0, 0.05) is 24.8 Å². The highest BCUT2D eigenvalue weighted by Crippen LogP contribution is 2.35. The van der Waals surface area contributed by atoms with Crippen LogP contribution in [0.25, 0.3) is 0 Å². The predicted octanol–water partition coefficient (Wildman–Crippen LogP) is 3.02. The molecule has 0 radical (unpaired) electrons. The zero-order chi connectivity index (χ0) is 11.1. The first-order chi connectivity index (χ1) is 7.75. The molecule has 16 heavy (non-hydrogen) atoms. The summed E-state index contributed by atoms with van der Waals surface area (Å²) in [7, 11) is 2.10. The summed E-state index contributed by atoms with van der Waals surface area (Å²) in [5, 5.41) is 3.46. The van der Waals surface area contributed by atoms with Crippen molar-refractivity contribution in [1.29, 1.82) is 0 Å². The monoisotopic (exact) mass is 213 g/mol. The van der Waals surface area contributed by atoms with Crippen LogP contribution in [0.5, 0.6) is 0 Å². The number of aromatic amines is 1. The Morgan fingerprint density at radius 1 is 1.25 bits per heavy atom. The summed E-state index contributed by atoms with van der Waals surface area (Å²) >= 11 is 0. The molecule has 0 unspecified atom stereocenters. The Labute approximate surface area is 95.1 Å². The van der Waals surface area contributed by atoms with Gasteiger partial charge in [-0.05, 0) is 25.1 Å². The second-order valence-corrected chi connectivity index (χ2v) is 4.26. The zero-order valence-corrected chi connectivity index (χ0v) is 9.54. The summed E-state index contributed by atoms with van der Waals surface area (Å²) in [6, 6.07) is 10.6. The minimum absolute atomic E-state index is 0.876. The molecule has 1 aromatic carbocycles. The van der Waals surface area contributed by atoms with Crippen molar-refractivity contribution in [3.63, 3.8) is 0 Å². The maximum Gasteiger partial charge on any atom is 0.115 e. The molecule has 3 rings (SSSR count). The molecule has 0 saturated heterocycles. The van der Waals surface area contributed by atoms with Crippen molar-refractivity contribution in [1.82, 2.24) is 4.98 Å². The van der Waals surface area contributed by atoms with Crippen molar-refractivity contribution in [2.45, 2.75) is 13.5 Å². The molecule has 1 aliphatic heterocycles. The number of fused-ring (bicyclic) bond motifs is 2. The molecule has 0 spiro atoms. The van der Waals surface area contributed by atoms with Crippen LogP contribution in [-0.4, -0.2) is 12.0 Å². The van der Waals surface area contributed by atoms with Gasteiger partial charge in [0.15, 0.2) is 0 Å². The van der Waals surface area contributed by atoms with Crippen LogP contribution in [0.1, 0.15) is 11.3 Å². The standard InChI is InChI=1S/C13H15N3/c1-9-7-10-8-14-11-5-3-4-6-12(11)16(2)13(10)15-9/h3-7,14-15H,8H2,1-2H3. The lowest BCUT2D eigenvalue weighted by Gasteiger charge is -2.19. The fraction of sp³-hybridized carbons (Fsp3) is 0.231. The van der Waals surface area contributed by atoms with Crippen LogP contribution < -0.4 is 10.2 Å². The minimum atomic E-state index is 0.876. The lowest BCUT2D eigenvalue weighted by atomic mass is 10.2. The van der Waals surface area contributed by atoms with E-state index < -0.39 is 0 Å². The van der Waals surface area contributed by atoms with Gasteiger partial charge in [-0.15, -0.1) is 0 Å². The first kappa shape index (κ1) is 9.33. The molecule has 0 bridgehead atoms. The summed E-state index contributed by atoms with van der Waals surface area (Å²) in [4.78, 5) is 5.62. The van der Waals surface area contributed by atoms with E-state index in [0.717, 1.165) is 6.54 Å². The predicted molar refractivity (Wildman–Crippen MR) is 67.4 cm³/mol. The van der Waals surface area contributed by atoms with Crippen LogP contribution in [-0.2, 0) is 6.54 Å². The smallest absolute Gasteiger partial charge is 0.115 e. The molecule has 1 aromatic heterocycles. The molecule has 0 amide bonds. The minimum Gasteiger partial charge on any atom is -0.379 e. The third-order valence-electron chi connectivity index (χ3n) is 3.08. The fourth-order valence-corrected chi connectivity index (χ4v) is 2.29. The number of hydrogen-bond donors (Lipinski definition) is 2. The Kier molecular flexibility index (Phi) is 1.93. The second kappa shape index (κ2) is 3.30. The van der Waals surface area contributed by atoms with Crippen molar-refractivity contribution in [2.24, 2.45) is 0 Å². The van der Waals surface area contributed by atoms with E-state index in [-0.39, 0.29) is 0 Å². The third kappa shape index (κ3) is 1.28. The summed E-state index contributed by atoms with van der Waals surface area (Å²) in [5.74, 6) is 1.19. The summed E-state index contributed by atoms with van der Waals surface area (Å²) in [5.41, 5.74) is 4.92. The molecule has 0 atom stereocenters. The van der Waals surface area contributed by atoms with Gasteiger partial charge in [-0.2, -0.15) is 0 Å². The lowest BCUT2D eigenvalue weighted by molar-refractivity contribution is 1.12. The first-order valence-electron chi connectivity index (χ1n) is 5.51. The maximum atomic E-state index is 3.46. The molecule has 0 fully saturated rings. The van der Waals surface area contributed by atoms with E-state index in [1.807, 2.05) is 0 Å². The van der Waals surface area contributed by atoms with E-state index in [1.165, 1.54) is 28.5 Å². The molecule has 0 aliphatic carbocycles. The number of rotatable bonds is 0. The van der Waals surface area contributed by atoms with E-state index in [1.54, 1.807) is 0 Å². The average Bonchev–Trinajstić information content (AvgIpc) is 2.62. The Balaban J connectivity index is 2.16. The second-order valence-electron chi connectivity index (χ2n) is 4.26. The summed E-state index contributed by atoms with van der Waals surface area (Å²) in [6.45, 7) is 2.97. The van der Waals surface area contributed by atoms with Gasteiger partial charge >= 0.3 is 0 Å². The van der Waals surface area contributed by atoms with Crippen molar-refractivity contribution in [3.05, 3.63) is 41.6 Å². The highest BCUT2D eigenvalue weighted by atomic mass is 15.2. The number of hydrogen-bond acceptors (Lipinski definition) is 2. The van der Waals surface area contributed by atoms with Crippen molar-refractivity contribution in [2.75, 3.05) is 17.3 Å². The third-order valence-corrected chi connectivity index (χ3v) is 3.08. The quantitative estimate of drug-likeness (QED) is 0.704. The number of para-hydroxylation sites is 2. The van der Waals surface area contributed by atoms with Crippen LogP contribution in [0.3, 0.4) is 0 Å². The molecule has 3 heteroatoms.